The second kappa shape index (κ2) is 3.15. The zero-order chi connectivity index (χ0) is 7.45. The molecule has 2 heteroatoms. The van der Waals surface area contributed by atoms with Gasteiger partial charge in [-0.15, -0.1) is 0 Å². The Balaban J connectivity index is 2.48. The standard InChI is InChI=1S/C8H14O2/c1-10-8(6-7-9)4-2-3-5-8/h7H,2-6H2,1H3. The third-order valence-electron chi connectivity index (χ3n) is 2.40. The number of hydrogen-bond acceptors (Lipinski definition) is 2. The molecule has 1 aliphatic carbocycles. The van der Waals surface area contributed by atoms with Gasteiger partial charge in [0.05, 0.1) is 5.60 Å². The molecule has 2 nitrogen and oxygen atoms in total. The van der Waals surface area contributed by atoms with E-state index in [1.165, 1.54) is 12.8 Å². The Morgan fingerprint density at radius 2 is 2.10 bits per heavy atom. The van der Waals surface area contributed by atoms with Crippen LogP contribution < -0.4 is 0 Å². The van der Waals surface area contributed by atoms with Crippen molar-refractivity contribution in [2.75, 3.05) is 7.11 Å². The SMILES string of the molecule is COC1(CC=O)CCCC1. The second-order valence-electron chi connectivity index (χ2n) is 2.97. The molecule has 1 fully saturated rings. The molecule has 0 unspecified atom stereocenters. The molecule has 0 aliphatic heterocycles. The van der Waals surface area contributed by atoms with Crippen LogP contribution in [0.1, 0.15) is 32.1 Å². The Morgan fingerprint density at radius 1 is 1.50 bits per heavy atom. The van der Waals surface area contributed by atoms with Crippen LogP contribution in [-0.2, 0) is 9.53 Å². The van der Waals surface area contributed by atoms with E-state index in [1.54, 1.807) is 7.11 Å². The first-order chi connectivity index (χ1) is 4.83. The summed E-state index contributed by atoms with van der Waals surface area (Å²) in [5, 5.41) is 0. The molecule has 0 aromatic carbocycles. The van der Waals surface area contributed by atoms with Crippen molar-refractivity contribution in [2.24, 2.45) is 0 Å². The summed E-state index contributed by atoms with van der Waals surface area (Å²) in [7, 11) is 1.70. The maximum atomic E-state index is 10.2. The van der Waals surface area contributed by atoms with Crippen LogP contribution in [0.25, 0.3) is 0 Å². The average molecular weight is 142 g/mol. The Hall–Kier alpha value is -0.370. The summed E-state index contributed by atoms with van der Waals surface area (Å²) in [5.74, 6) is 0. The first-order valence-corrected chi connectivity index (χ1v) is 3.82. The average Bonchev–Trinajstić information content (AvgIpc) is 2.39. The molecule has 0 atom stereocenters. The van der Waals surface area contributed by atoms with Crippen LogP contribution in [0.5, 0.6) is 0 Å². The third kappa shape index (κ3) is 1.37. The van der Waals surface area contributed by atoms with Gasteiger partial charge in [-0.1, -0.05) is 12.8 Å². The highest BCUT2D eigenvalue weighted by Crippen LogP contribution is 2.34. The van der Waals surface area contributed by atoms with Crippen LogP contribution in [0.15, 0.2) is 0 Å². The molecule has 1 saturated carbocycles. The van der Waals surface area contributed by atoms with Crippen molar-refractivity contribution in [1.29, 1.82) is 0 Å². The van der Waals surface area contributed by atoms with E-state index in [4.69, 9.17) is 4.74 Å². The summed E-state index contributed by atoms with van der Waals surface area (Å²) < 4.78 is 5.31. The fourth-order valence-corrected chi connectivity index (χ4v) is 1.66. The number of hydrogen-bond donors (Lipinski definition) is 0. The zero-order valence-electron chi connectivity index (χ0n) is 6.43. The van der Waals surface area contributed by atoms with Gasteiger partial charge in [0.15, 0.2) is 0 Å². The summed E-state index contributed by atoms with van der Waals surface area (Å²) in [5.41, 5.74) is -0.0816. The maximum Gasteiger partial charge on any atom is 0.122 e. The lowest BCUT2D eigenvalue weighted by Crippen LogP contribution is -2.27. The van der Waals surface area contributed by atoms with E-state index in [0.29, 0.717) is 6.42 Å². The fraction of sp³-hybridized carbons (Fsp3) is 0.875. The summed E-state index contributed by atoms with van der Waals surface area (Å²) in [4.78, 5) is 10.2. The van der Waals surface area contributed by atoms with E-state index < -0.39 is 0 Å². The van der Waals surface area contributed by atoms with E-state index in [9.17, 15) is 4.79 Å². The van der Waals surface area contributed by atoms with E-state index in [-0.39, 0.29) is 5.60 Å². The van der Waals surface area contributed by atoms with Gasteiger partial charge in [0, 0.05) is 13.5 Å². The fourth-order valence-electron chi connectivity index (χ4n) is 1.66. The lowest BCUT2D eigenvalue weighted by Gasteiger charge is -2.24. The lowest BCUT2D eigenvalue weighted by atomic mass is 9.99. The normalized spacial score (nSPS) is 22.9. The van der Waals surface area contributed by atoms with Crippen molar-refractivity contribution < 1.29 is 9.53 Å². The molecule has 0 amide bonds. The maximum absolute atomic E-state index is 10.2. The van der Waals surface area contributed by atoms with E-state index in [2.05, 4.69) is 0 Å². The van der Waals surface area contributed by atoms with Crippen molar-refractivity contribution in [3.8, 4) is 0 Å². The first-order valence-electron chi connectivity index (χ1n) is 3.82. The molecule has 0 N–H and O–H groups in total. The molecule has 58 valence electrons. The molecule has 0 heterocycles. The molecule has 10 heavy (non-hydrogen) atoms. The van der Waals surface area contributed by atoms with Crippen molar-refractivity contribution >= 4 is 6.29 Å². The Kier molecular flexibility index (Phi) is 2.44. The Morgan fingerprint density at radius 3 is 2.50 bits per heavy atom. The third-order valence-corrected chi connectivity index (χ3v) is 2.40. The molecule has 1 aliphatic rings. The Labute approximate surface area is 61.6 Å². The minimum Gasteiger partial charge on any atom is -0.378 e. The van der Waals surface area contributed by atoms with Crippen LogP contribution in [0.3, 0.4) is 0 Å². The number of rotatable bonds is 3. The van der Waals surface area contributed by atoms with Gasteiger partial charge in [0.25, 0.3) is 0 Å². The smallest absolute Gasteiger partial charge is 0.122 e. The van der Waals surface area contributed by atoms with E-state index >= 15 is 0 Å². The summed E-state index contributed by atoms with van der Waals surface area (Å²) in [6.07, 6.45) is 6.08. The number of carbonyl (C=O) groups excluding carboxylic acids is 1. The van der Waals surface area contributed by atoms with Gasteiger partial charge >= 0.3 is 0 Å². The van der Waals surface area contributed by atoms with Gasteiger partial charge in [-0.2, -0.15) is 0 Å². The van der Waals surface area contributed by atoms with Crippen molar-refractivity contribution in [1.82, 2.24) is 0 Å². The Bertz CT molecular complexity index is 114. The van der Waals surface area contributed by atoms with E-state index in [0.717, 1.165) is 19.1 Å². The van der Waals surface area contributed by atoms with E-state index in [1.807, 2.05) is 0 Å². The highest BCUT2D eigenvalue weighted by Gasteiger charge is 2.32. The zero-order valence-corrected chi connectivity index (χ0v) is 6.43. The molecule has 0 radical (unpaired) electrons. The van der Waals surface area contributed by atoms with Crippen molar-refractivity contribution in [2.45, 2.75) is 37.7 Å². The minimum atomic E-state index is -0.0816. The van der Waals surface area contributed by atoms with Gasteiger partial charge < -0.3 is 9.53 Å². The van der Waals surface area contributed by atoms with Crippen molar-refractivity contribution in [3.63, 3.8) is 0 Å². The number of methoxy groups -OCH3 is 1. The molecule has 0 spiro atoms. The van der Waals surface area contributed by atoms with Crippen LogP contribution in [0.4, 0.5) is 0 Å². The molecular weight excluding hydrogens is 128 g/mol. The largest absolute Gasteiger partial charge is 0.378 e. The van der Waals surface area contributed by atoms with Crippen molar-refractivity contribution in [3.05, 3.63) is 0 Å². The van der Waals surface area contributed by atoms with Crippen LogP contribution in [-0.4, -0.2) is 19.0 Å². The monoisotopic (exact) mass is 142 g/mol. The predicted molar refractivity (Wildman–Crippen MR) is 38.9 cm³/mol. The van der Waals surface area contributed by atoms with Crippen LogP contribution in [0, 0.1) is 0 Å². The molecular formula is C8H14O2. The molecule has 0 aromatic rings. The van der Waals surface area contributed by atoms with Gasteiger partial charge in [-0.05, 0) is 12.8 Å². The summed E-state index contributed by atoms with van der Waals surface area (Å²) in [6, 6.07) is 0. The number of carbonyl (C=O) groups is 1. The van der Waals surface area contributed by atoms with Gasteiger partial charge in [-0.3, -0.25) is 0 Å². The second-order valence-corrected chi connectivity index (χ2v) is 2.97. The lowest BCUT2D eigenvalue weighted by molar-refractivity contribution is -0.113. The van der Waals surface area contributed by atoms with Gasteiger partial charge in [0.2, 0.25) is 0 Å². The highest BCUT2D eigenvalue weighted by molar-refractivity contribution is 5.51. The molecule has 1 rings (SSSR count). The topological polar surface area (TPSA) is 26.3 Å². The first kappa shape index (κ1) is 7.73. The predicted octanol–water partition coefficient (Wildman–Crippen LogP) is 1.53. The molecule has 0 bridgehead atoms. The van der Waals surface area contributed by atoms with Crippen LogP contribution in [0.2, 0.25) is 0 Å². The van der Waals surface area contributed by atoms with Gasteiger partial charge in [-0.25, -0.2) is 0 Å². The van der Waals surface area contributed by atoms with Gasteiger partial charge in [0.1, 0.15) is 6.29 Å². The number of ether oxygens (including phenoxy) is 1. The molecule has 0 saturated heterocycles. The number of aldehydes is 1. The highest BCUT2D eigenvalue weighted by atomic mass is 16.5. The molecule has 0 aromatic heterocycles. The quantitative estimate of drug-likeness (QED) is 0.559. The summed E-state index contributed by atoms with van der Waals surface area (Å²) in [6.45, 7) is 0. The van der Waals surface area contributed by atoms with Crippen LogP contribution >= 0.6 is 0 Å². The summed E-state index contributed by atoms with van der Waals surface area (Å²) >= 11 is 0. The minimum absolute atomic E-state index is 0.0816.